The van der Waals surface area contributed by atoms with E-state index in [1.165, 1.54) is 0 Å². The van der Waals surface area contributed by atoms with Crippen LogP contribution in [-0.4, -0.2) is 28.2 Å². The minimum absolute atomic E-state index is 0. The molecule has 1 aromatic carbocycles. The molecule has 3 rings (SSSR count). The Kier molecular flexibility index (Phi) is 5.87. The van der Waals surface area contributed by atoms with Crippen LogP contribution in [-0.2, 0) is 6.42 Å². The van der Waals surface area contributed by atoms with Crippen molar-refractivity contribution in [3.05, 3.63) is 41.2 Å². The summed E-state index contributed by atoms with van der Waals surface area (Å²) >= 11 is 1.58. The summed E-state index contributed by atoms with van der Waals surface area (Å²) in [5.41, 5.74) is 1.96. The number of aryl methyl sites for hydroxylation is 1. The standard InChI is InChI=1S/C16H18N4OS.ClH/c1-10(17-3)9-13-19-16(21-20-13)15-14(18-11(2)22-15)12-7-5-4-6-8-12;/h4-8,10,17H,9H2,1-3H3;1H. The zero-order chi connectivity index (χ0) is 15.5. The molecule has 0 aliphatic heterocycles. The number of halogens is 1. The first-order chi connectivity index (χ1) is 10.7. The van der Waals surface area contributed by atoms with Crippen LogP contribution in [0.15, 0.2) is 34.9 Å². The fourth-order valence-electron chi connectivity index (χ4n) is 2.17. The second kappa shape index (κ2) is 7.68. The van der Waals surface area contributed by atoms with Gasteiger partial charge in [-0.2, -0.15) is 4.98 Å². The van der Waals surface area contributed by atoms with Crippen LogP contribution in [0.4, 0.5) is 0 Å². The highest BCUT2D eigenvalue weighted by Crippen LogP contribution is 2.35. The maximum Gasteiger partial charge on any atom is 0.270 e. The lowest BCUT2D eigenvalue weighted by Gasteiger charge is -2.04. The van der Waals surface area contributed by atoms with Crippen molar-refractivity contribution in [2.75, 3.05) is 7.05 Å². The molecular formula is C16H19ClN4OS. The second-order valence-electron chi connectivity index (χ2n) is 5.19. The summed E-state index contributed by atoms with van der Waals surface area (Å²) in [6.07, 6.45) is 0.735. The van der Waals surface area contributed by atoms with Crippen LogP contribution in [0, 0.1) is 6.92 Å². The first-order valence-electron chi connectivity index (χ1n) is 7.20. The second-order valence-corrected chi connectivity index (χ2v) is 6.39. The SMILES string of the molecule is CNC(C)Cc1noc(-c2sc(C)nc2-c2ccccc2)n1.Cl. The highest BCUT2D eigenvalue weighted by Gasteiger charge is 2.19. The molecule has 23 heavy (non-hydrogen) atoms. The van der Waals surface area contributed by atoms with Gasteiger partial charge in [-0.1, -0.05) is 35.5 Å². The lowest BCUT2D eigenvalue weighted by Crippen LogP contribution is -2.24. The first-order valence-corrected chi connectivity index (χ1v) is 8.02. The van der Waals surface area contributed by atoms with E-state index in [1.54, 1.807) is 11.3 Å². The number of rotatable bonds is 5. The van der Waals surface area contributed by atoms with E-state index >= 15 is 0 Å². The third kappa shape index (κ3) is 3.96. The number of nitrogens with one attached hydrogen (secondary N) is 1. The van der Waals surface area contributed by atoms with Crippen molar-refractivity contribution < 1.29 is 4.52 Å². The van der Waals surface area contributed by atoms with Crippen LogP contribution in [0.5, 0.6) is 0 Å². The molecule has 122 valence electrons. The predicted molar refractivity (Wildman–Crippen MR) is 95.1 cm³/mol. The van der Waals surface area contributed by atoms with E-state index < -0.39 is 0 Å². The summed E-state index contributed by atoms with van der Waals surface area (Å²) in [7, 11) is 1.92. The van der Waals surface area contributed by atoms with Gasteiger partial charge in [-0.15, -0.1) is 23.7 Å². The van der Waals surface area contributed by atoms with Gasteiger partial charge in [0, 0.05) is 18.0 Å². The Labute approximate surface area is 145 Å². The molecule has 5 nitrogen and oxygen atoms in total. The number of aromatic nitrogens is 3. The zero-order valence-corrected chi connectivity index (χ0v) is 14.9. The van der Waals surface area contributed by atoms with Gasteiger partial charge in [0.2, 0.25) is 0 Å². The summed E-state index contributed by atoms with van der Waals surface area (Å²) in [6.45, 7) is 4.07. The summed E-state index contributed by atoms with van der Waals surface area (Å²) in [6, 6.07) is 10.4. The van der Waals surface area contributed by atoms with Crippen LogP contribution in [0.2, 0.25) is 0 Å². The molecule has 2 heterocycles. The van der Waals surface area contributed by atoms with Crippen LogP contribution in [0.3, 0.4) is 0 Å². The van der Waals surface area contributed by atoms with E-state index in [0.29, 0.717) is 17.8 Å². The van der Waals surface area contributed by atoms with Crippen molar-refractivity contribution in [3.8, 4) is 22.0 Å². The van der Waals surface area contributed by atoms with Gasteiger partial charge in [-0.25, -0.2) is 4.98 Å². The van der Waals surface area contributed by atoms with Gasteiger partial charge in [0.25, 0.3) is 5.89 Å². The molecule has 7 heteroatoms. The van der Waals surface area contributed by atoms with Crippen molar-refractivity contribution in [2.24, 2.45) is 0 Å². The molecule has 0 spiro atoms. The van der Waals surface area contributed by atoms with Crippen molar-refractivity contribution in [2.45, 2.75) is 26.3 Å². The maximum atomic E-state index is 5.45. The van der Waals surface area contributed by atoms with E-state index in [9.17, 15) is 0 Å². The van der Waals surface area contributed by atoms with Gasteiger partial charge in [-0.3, -0.25) is 0 Å². The summed E-state index contributed by atoms with van der Waals surface area (Å²) in [5.74, 6) is 1.25. The lowest BCUT2D eigenvalue weighted by molar-refractivity contribution is 0.419. The van der Waals surface area contributed by atoms with E-state index in [1.807, 2.05) is 44.3 Å². The van der Waals surface area contributed by atoms with Gasteiger partial charge in [0.1, 0.15) is 4.88 Å². The molecule has 0 fully saturated rings. The number of likely N-dealkylation sites (N-methyl/N-ethyl adjacent to an activating group) is 1. The predicted octanol–water partition coefficient (Wildman–Crippen LogP) is 3.74. The Morgan fingerprint density at radius 3 is 2.65 bits per heavy atom. The van der Waals surface area contributed by atoms with Crippen molar-refractivity contribution in [3.63, 3.8) is 0 Å². The van der Waals surface area contributed by atoms with E-state index in [0.717, 1.165) is 27.6 Å². The average Bonchev–Trinajstić information content (AvgIpc) is 3.14. The molecule has 1 unspecified atom stereocenters. The van der Waals surface area contributed by atoms with Crippen LogP contribution in [0.25, 0.3) is 22.0 Å². The van der Waals surface area contributed by atoms with Crippen LogP contribution >= 0.6 is 23.7 Å². The lowest BCUT2D eigenvalue weighted by atomic mass is 10.1. The van der Waals surface area contributed by atoms with E-state index in [-0.39, 0.29) is 12.4 Å². The number of thiazole rings is 1. The topological polar surface area (TPSA) is 63.8 Å². The number of nitrogens with zero attached hydrogens (tertiary/aromatic N) is 3. The molecule has 0 bridgehead atoms. The molecule has 0 saturated carbocycles. The monoisotopic (exact) mass is 350 g/mol. The molecule has 1 N–H and O–H groups in total. The third-order valence-corrected chi connectivity index (χ3v) is 4.38. The molecule has 1 atom stereocenters. The fourth-order valence-corrected chi connectivity index (χ4v) is 3.03. The largest absolute Gasteiger partial charge is 0.333 e. The molecule has 3 aromatic rings. The quantitative estimate of drug-likeness (QED) is 0.759. The number of hydrogen-bond donors (Lipinski definition) is 1. The van der Waals surface area contributed by atoms with E-state index in [4.69, 9.17) is 4.52 Å². The van der Waals surface area contributed by atoms with Crippen molar-refractivity contribution in [1.82, 2.24) is 20.4 Å². The van der Waals surface area contributed by atoms with Gasteiger partial charge < -0.3 is 9.84 Å². The van der Waals surface area contributed by atoms with Gasteiger partial charge in [-0.05, 0) is 20.9 Å². The Morgan fingerprint density at radius 2 is 1.96 bits per heavy atom. The van der Waals surface area contributed by atoms with Crippen molar-refractivity contribution >= 4 is 23.7 Å². The maximum absolute atomic E-state index is 5.45. The van der Waals surface area contributed by atoms with E-state index in [2.05, 4.69) is 27.4 Å². The third-order valence-electron chi connectivity index (χ3n) is 3.43. The number of benzene rings is 1. The van der Waals surface area contributed by atoms with Crippen LogP contribution < -0.4 is 5.32 Å². The summed E-state index contributed by atoms with van der Waals surface area (Å²) in [5, 5.41) is 8.23. The number of hydrogen-bond acceptors (Lipinski definition) is 6. The first kappa shape index (κ1) is 17.6. The molecule has 0 aliphatic rings. The van der Waals surface area contributed by atoms with Crippen LogP contribution in [0.1, 0.15) is 17.8 Å². The van der Waals surface area contributed by atoms with Gasteiger partial charge >= 0.3 is 0 Å². The summed E-state index contributed by atoms with van der Waals surface area (Å²) in [4.78, 5) is 10.1. The minimum Gasteiger partial charge on any atom is -0.333 e. The molecule has 0 radical (unpaired) electrons. The highest BCUT2D eigenvalue weighted by molar-refractivity contribution is 7.15. The Bertz CT molecular complexity index is 757. The van der Waals surface area contributed by atoms with Gasteiger partial charge in [0.15, 0.2) is 5.82 Å². The van der Waals surface area contributed by atoms with Crippen molar-refractivity contribution in [1.29, 1.82) is 0 Å². The fraction of sp³-hybridized carbons (Fsp3) is 0.312. The molecular weight excluding hydrogens is 332 g/mol. The Balaban J connectivity index is 0.00000192. The summed E-state index contributed by atoms with van der Waals surface area (Å²) < 4.78 is 5.45. The zero-order valence-electron chi connectivity index (χ0n) is 13.2. The average molecular weight is 351 g/mol. The highest BCUT2D eigenvalue weighted by atomic mass is 35.5. The minimum atomic E-state index is 0. The molecule has 2 aromatic heterocycles. The Morgan fingerprint density at radius 1 is 1.22 bits per heavy atom. The molecule has 0 aliphatic carbocycles. The smallest absolute Gasteiger partial charge is 0.270 e. The van der Waals surface area contributed by atoms with Gasteiger partial charge in [0.05, 0.1) is 10.7 Å². The molecule has 0 amide bonds. The Hall–Kier alpha value is -1.76. The molecule has 0 saturated heterocycles. The normalized spacial score (nSPS) is 12.0.